The average Bonchev–Trinajstić information content (AvgIpc) is 2.42. The number of hydrogen-bond acceptors (Lipinski definition) is 5. The largest absolute Gasteiger partial charge is 0.496 e. The highest BCUT2D eigenvalue weighted by Gasteiger charge is 2.08. The number of benzene rings is 1. The fourth-order valence-electron chi connectivity index (χ4n) is 1.63. The van der Waals surface area contributed by atoms with Crippen LogP contribution in [-0.2, 0) is 15.3 Å². The molecule has 0 saturated carbocycles. The van der Waals surface area contributed by atoms with Gasteiger partial charge in [-0.2, -0.15) is 11.8 Å². The molecule has 1 atom stereocenters. The Hall–Kier alpha value is -1.20. The third kappa shape index (κ3) is 5.12. The highest BCUT2D eigenvalue weighted by atomic mass is 32.2. The predicted octanol–water partition coefficient (Wildman–Crippen LogP) is 2.51. The van der Waals surface area contributed by atoms with Crippen LogP contribution >= 0.6 is 11.8 Å². The maximum Gasteiger partial charge on any atom is 0.306 e. The lowest BCUT2D eigenvalue weighted by molar-refractivity contribution is -0.140. The number of carbonyl (C=O) groups excluding carboxylic acids is 1. The Labute approximate surface area is 118 Å². The van der Waals surface area contributed by atoms with Gasteiger partial charge in [0, 0.05) is 23.1 Å². The summed E-state index contributed by atoms with van der Waals surface area (Å²) in [6.07, 6.45) is 0.427. The summed E-state index contributed by atoms with van der Waals surface area (Å²) in [7, 11) is 3.06. The first-order chi connectivity index (χ1) is 9.08. The van der Waals surface area contributed by atoms with Crippen molar-refractivity contribution in [1.82, 2.24) is 0 Å². The molecule has 0 aliphatic carbocycles. The molecule has 19 heavy (non-hydrogen) atoms. The van der Waals surface area contributed by atoms with Crippen molar-refractivity contribution in [2.75, 3.05) is 20.0 Å². The summed E-state index contributed by atoms with van der Waals surface area (Å²) in [5.41, 5.74) is 8.07. The van der Waals surface area contributed by atoms with E-state index in [-0.39, 0.29) is 12.0 Å². The minimum absolute atomic E-state index is 0.00438. The van der Waals surface area contributed by atoms with Gasteiger partial charge in [-0.1, -0.05) is 6.07 Å². The number of nitrogens with two attached hydrogens (primary N) is 1. The third-order valence-electron chi connectivity index (χ3n) is 2.77. The first-order valence-electron chi connectivity index (χ1n) is 6.15. The molecule has 0 amide bonds. The lowest BCUT2D eigenvalue weighted by Crippen LogP contribution is -2.06. The van der Waals surface area contributed by atoms with Crippen LogP contribution in [0.5, 0.6) is 5.75 Å². The fraction of sp³-hybridized carbons (Fsp3) is 0.500. The van der Waals surface area contributed by atoms with Crippen molar-refractivity contribution >= 4 is 17.7 Å². The SMILES string of the molecule is COC(=O)CCSCc1cc(C(C)N)ccc1OC. The lowest BCUT2D eigenvalue weighted by atomic mass is 10.1. The molecule has 5 heteroatoms. The van der Waals surface area contributed by atoms with Gasteiger partial charge in [0.2, 0.25) is 0 Å². The number of carbonyl (C=O) groups is 1. The second-order valence-electron chi connectivity index (χ2n) is 4.24. The van der Waals surface area contributed by atoms with Gasteiger partial charge < -0.3 is 15.2 Å². The molecule has 2 N–H and O–H groups in total. The highest BCUT2D eigenvalue weighted by molar-refractivity contribution is 7.98. The molecule has 1 rings (SSSR count). The molecule has 0 aromatic heterocycles. The second kappa shape index (κ2) is 8.07. The number of ether oxygens (including phenoxy) is 2. The Balaban J connectivity index is 2.60. The van der Waals surface area contributed by atoms with E-state index in [0.29, 0.717) is 6.42 Å². The number of methoxy groups -OCH3 is 2. The Morgan fingerprint density at radius 2 is 2.16 bits per heavy atom. The van der Waals surface area contributed by atoms with Gasteiger partial charge in [-0.15, -0.1) is 0 Å². The van der Waals surface area contributed by atoms with E-state index in [1.807, 2.05) is 19.1 Å². The number of esters is 1. The van der Waals surface area contributed by atoms with Gasteiger partial charge in [0.15, 0.2) is 0 Å². The van der Waals surface area contributed by atoms with Crippen LogP contribution in [0.2, 0.25) is 0 Å². The maximum absolute atomic E-state index is 11.0. The normalized spacial score (nSPS) is 12.0. The van der Waals surface area contributed by atoms with Gasteiger partial charge in [0.1, 0.15) is 5.75 Å². The topological polar surface area (TPSA) is 61.5 Å². The monoisotopic (exact) mass is 283 g/mol. The average molecular weight is 283 g/mol. The van der Waals surface area contributed by atoms with Gasteiger partial charge in [-0.05, 0) is 24.6 Å². The van der Waals surface area contributed by atoms with Crippen LogP contribution in [-0.4, -0.2) is 25.9 Å². The molecule has 0 saturated heterocycles. The van der Waals surface area contributed by atoms with E-state index >= 15 is 0 Å². The van der Waals surface area contributed by atoms with Crippen molar-refractivity contribution in [3.8, 4) is 5.75 Å². The van der Waals surface area contributed by atoms with Crippen LogP contribution in [0.3, 0.4) is 0 Å². The van der Waals surface area contributed by atoms with Gasteiger partial charge in [0.05, 0.1) is 20.6 Å². The van der Waals surface area contributed by atoms with Crippen LogP contribution in [0.25, 0.3) is 0 Å². The highest BCUT2D eigenvalue weighted by Crippen LogP contribution is 2.26. The van der Waals surface area contributed by atoms with E-state index in [0.717, 1.165) is 28.4 Å². The minimum atomic E-state index is -0.177. The van der Waals surface area contributed by atoms with Crippen molar-refractivity contribution < 1.29 is 14.3 Å². The predicted molar refractivity (Wildman–Crippen MR) is 78.4 cm³/mol. The molecule has 0 spiro atoms. The van der Waals surface area contributed by atoms with Crippen LogP contribution in [0, 0.1) is 0 Å². The number of rotatable bonds is 7. The molecule has 0 bridgehead atoms. The van der Waals surface area contributed by atoms with E-state index in [1.54, 1.807) is 18.9 Å². The fourth-order valence-corrected chi connectivity index (χ4v) is 2.54. The maximum atomic E-state index is 11.0. The van der Waals surface area contributed by atoms with Gasteiger partial charge in [-0.25, -0.2) is 0 Å². The molecule has 0 aliphatic heterocycles. The van der Waals surface area contributed by atoms with Crippen molar-refractivity contribution in [3.63, 3.8) is 0 Å². The minimum Gasteiger partial charge on any atom is -0.496 e. The molecule has 0 radical (unpaired) electrons. The second-order valence-corrected chi connectivity index (χ2v) is 5.34. The summed E-state index contributed by atoms with van der Waals surface area (Å²) in [5, 5.41) is 0. The molecule has 0 fully saturated rings. The van der Waals surface area contributed by atoms with E-state index in [4.69, 9.17) is 10.5 Å². The summed E-state index contributed by atoms with van der Waals surface area (Å²) in [6.45, 7) is 1.95. The van der Waals surface area contributed by atoms with E-state index < -0.39 is 0 Å². The molecule has 0 heterocycles. The third-order valence-corrected chi connectivity index (χ3v) is 3.77. The van der Waals surface area contributed by atoms with E-state index in [1.165, 1.54) is 7.11 Å². The molecular formula is C14H21NO3S. The zero-order valence-electron chi connectivity index (χ0n) is 11.6. The number of thioether (sulfide) groups is 1. The summed E-state index contributed by atoms with van der Waals surface area (Å²) in [6, 6.07) is 5.99. The zero-order chi connectivity index (χ0) is 14.3. The van der Waals surface area contributed by atoms with Crippen molar-refractivity contribution in [2.24, 2.45) is 5.73 Å². The van der Waals surface area contributed by atoms with E-state index in [9.17, 15) is 4.79 Å². The number of hydrogen-bond donors (Lipinski definition) is 1. The molecule has 1 unspecified atom stereocenters. The zero-order valence-corrected chi connectivity index (χ0v) is 12.5. The Morgan fingerprint density at radius 3 is 2.74 bits per heavy atom. The molecule has 1 aromatic rings. The quantitative estimate of drug-likeness (QED) is 0.615. The van der Waals surface area contributed by atoms with Crippen LogP contribution in [0.1, 0.15) is 30.5 Å². The molecular weight excluding hydrogens is 262 g/mol. The summed E-state index contributed by atoms with van der Waals surface area (Å²) < 4.78 is 9.94. The van der Waals surface area contributed by atoms with Gasteiger partial charge in [0.25, 0.3) is 0 Å². The van der Waals surface area contributed by atoms with Gasteiger partial charge >= 0.3 is 5.97 Å². The van der Waals surface area contributed by atoms with Crippen LogP contribution in [0.4, 0.5) is 0 Å². The summed E-state index contributed by atoms with van der Waals surface area (Å²) in [5.74, 6) is 2.21. The van der Waals surface area contributed by atoms with Gasteiger partial charge in [-0.3, -0.25) is 4.79 Å². The van der Waals surface area contributed by atoms with Crippen LogP contribution in [0.15, 0.2) is 18.2 Å². The molecule has 4 nitrogen and oxygen atoms in total. The Kier molecular flexibility index (Phi) is 6.73. The Bertz CT molecular complexity index is 421. The smallest absolute Gasteiger partial charge is 0.306 e. The van der Waals surface area contributed by atoms with Crippen molar-refractivity contribution in [1.29, 1.82) is 0 Å². The Morgan fingerprint density at radius 1 is 1.42 bits per heavy atom. The lowest BCUT2D eigenvalue weighted by Gasteiger charge is -2.12. The standard InChI is InChI=1S/C14H21NO3S/c1-10(15)11-4-5-13(17-2)12(8-11)9-19-7-6-14(16)18-3/h4-5,8,10H,6-7,9,15H2,1-3H3. The van der Waals surface area contributed by atoms with Crippen LogP contribution < -0.4 is 10.5 Å². The first-order valence-corrected chi connectivity index (χ1v) is 7.31. The van der Waals surface area contributed by atoms with Crippen molar-refractivity contribution in [2.45, 2.75) is 25.1 Å². The molecule has 1 aromatic carbocycles. The molecule has 0 aliphatic rings. The summed E-state index contributed by atoms with van der Waals surface area (Å²) >= 11 is 1.68. The summed E-state index contributed by atoms with van der Waals surface area (Å²) in [4.78, 5) is 11.0. The first kappa shape index (κ1) is 15.9. The molecule has 106 valence electrons. The van der Waals surface area contributed by atoms with E-state index in [2.05, 4.69) is 10.8 Å². The van der Waals surface area contributed by atoms with Crippen molar-refractivity contribution in [3.05, 3.63) is 29.3 Å².